The average molecular weight is 455 g/mol. The van der Waals surface area contributed by atoms with Gasteiger partial charge >= 0.3 is 0 Å². The summed E-state index contributed by atoms with van der Waals surface area (Å²) in [5.41, 5.74) is 1.92. The Labute approximate surface area is 188 Å². The van der Waals surface area contributed by atoms with Crippen LogP contribution >= 0.6 is 0 Å². The second kappa shape index (κ2) is 11.4. The Morgan fingerprint density at radius 3 is 1.97 bits per heavy atom. The smallest absolute Gasteiger partial charge is 0.258 e. The lowest BCUT2D eigenvalue weighted by molar-refractivity contribution is -0.123. The number of carbonyl (C=O) groups is 1. The van der Waals surface area contributed by atoms with E-state index in [1.54, 1.807) is 0 Å². The van der Waals surface area contributed by atoms with E-state index in [9.17, 15) is 13.2 Å². The Bertz CT molecular complexity index is 1050. The largest absolute Gasteiger partial charge is 0.484 e. The molecule has 3 aromatic rings. The molecule has 32 heavy (non-hydrogen) atoms. The molecule has 3 aromatic carbocycles. The maximum Gasteiger partial charge on any atom is 0.258 e. The van der Waals surface area contributed by atoms with E-state index in [2.05, 4.69) is 10.0 Å². The van der Waals surface area contributed by atoms with Crippen molar-refractivity contribution in [3.8, 4) is 5.75 Å². The number of rotatable bonds is 11. The maximum atomic E-state index is 12.6. The Hall–Kier alpha value is -3.20. The van der Waals surface area contributed by atoms with Crippen molar-refractivity contribution in [2.45, 2.75) is 10.9 Å². The molecule has 0 heterocycles. The lowest BCUT2D eigenvalue weighted by Gasteiger charge is -2.20. The summed E-state index contributed by atoms with van der Waals surface area (Å²) < 4.78 is 37.3. The van der Waals surface area contributed by atoms with Crippen LogP contribution in [0.25, 0.3) is 0 Å². The van der Waals surface area contributed by atoms with Crippen LogP contribution in [0.2, 0.25) is 0 Å². The topological polar surface area (TPSA) is 93.7 Å². The van der Waals surface area contributed by atoms with E-state index >= 15 is 0 Å². The number of amides is 1. The van der Waals surface area contributed by atoms with Crippen LogP contribution in [-0.2, 0) is 19.6 Å². The van der Waals surface area contributed by atoms with E-state index in [-0.39, 0.29) is 36.6 Å². The van der Waals surface area contributed by atoms with Gasteiger partial charge in [-0.25, -0.2) is 13.1 Å². The van der Waals surface area contributed by atoms with Gasteiger partial charge < -0.3 is 14.8 Å². The van der Waals surface area contributed by atoms with Crippen LogP contribution in [0.1, 0.15) is 17.2 Å². The van der Waals surface area contributed by atoms with E-state index in [1.807, 2.05) is 60.7 Å². The average Bonchev–Trinajstić information content (AvgIpc) is 2.83. The van der Waals surface area contributed by atoms with E-state index < -0.39 is 10.0 Å². The summed E-state index contributed by atoms with van der Waals surface area (Å²) in [5.74, 6) is 0.104. The van der Waals surface area contributed by atoms with E-state index in [0.29, 0.717) is 5.75 Å². The number of sulfonamides is 1. The molecule has 0 saturated carbocycles. The quantitative estimate of drug-likeness (QED) is 0.435. The van der Waals surface area contributed by atoms with E-state index in [4.69, 9.17) is 9.47 Å². The SMILES string of the molecule is COCCNS(=O)(=O)c1ccc(OCC(=O)NC(c2ccccc2)c2ccccc2)cc1. The molecule has 0 bridgehead atoms. The summed E-state index contributed by atoms with van der Waals surface area (Å²) in [6.45, 7) is 0.262. The third-order valence-electron chi connectivity index (χ3n) is 4.67. The van der Waals surface area contributed by atoms with Gasteiger partial charge in [-0.1, -0.05) is 60.7 Å². The molecule has 0 atom stereocenters. The van der Waals surface area contributed by atoms with Crippen LogP contribution in [0.15, 0.2) is 89.8 Å². The van der Waals surface area contributed by atoms with Crippen LogP contribution in [0.3, 0.4) is 0 Å². The summed E-state index contributed by atoms with van der Waals surface area (Å²) in [4.78, 5) is 12.7. The Morgan fingerprint density at radius 2 is 1.44 bits per heavy atom. The van der Waals surface area contributed by atoms with Crippen molar-refractivity contribution in [3.05, 3.63) is 96.1 Å². The van der Waals surface area contributed by atoms with Crippen molar-refractivity contribution >= 4 is 15.9 Å². The zero-order valence-electron chi connectivity index (χ0n) is 17.7. The first-order valence-corrected chi connectivity index (χ1v) is 11.6. The van der Waals surface area contributed by atoms with Crippen LogP contribution < -0.4 is 14.8 Å². The van der Waals surface area contributed by atoms with Gasteiger partial charge in [0.1, 0.15) is 5.75 Å². The zero-order chi connectivity index (χ0) is 22.8. The standard InChI is InChI=1S/C24H26N2O5S/c1-30-17-16-25-32(28,29)22-14-12-21(13-15-22)31-18-23(27)26-24(19-8-4-2-5-9-19)20-10-6-3-7-11-20/h2-15,24-25H,16-18H2,1H3,(H,26,27). The molecule has 0 radical (unpaired) electrons. The summed E-state index contributed by atoms with van der Waals surface area (Å²) in [6, 6.07) is 25.0. The molecule has 0 aliphatic carbocycles. The van der Waals surface area contributed by atoms with Crippen molar-refractivity contribution in [2.75, 3.05) is 26.9 Å². The lowest BCUT2D eigenvalue weighted by atomic mass is 9.99. The number of ether oxygens (including phenoxy) is 2. The van der Waals surface area contributed by atoms with Gasteiger partial charge in [-0.05, 0) is 35.4 Å². The number of benzene rings is 3. The predicted octanol–water partition coefficient (Wildman–Crippen LogP) is 2.90. The first kappa shape index (κ1) is 23.5. The molecule has 168 valence electrons. The van der Waals surface area contributed by atoms with Crippen LogP contribution in [-0.4, -0.2) is 41.2 Å². The van der Waals surface area contributed by atoms with Crippen LogP contribution in [0.5, 0.6) is 5.75 Å². The number of hydrogen-bond donors (Lipinski definition) is 2. The molecule has 8 heteroatoms. The third kappa shape index (κ3) is 6.65. The predicted molar refractivity (Wildman–Crippen MR) is 122 cm³/mol. The molecule has 0 aliphatic heterocycles. The molecule has 0 fully saturated rings. The number of carbonyl (C=O) groups excluding carboxylic acids is 1. The molecule has 2 N–H and O–H groups in total. The van der Waals surface area contributed by atoms with Crippen molar-refractivity contribution in [3.63, 3.8) is 0 Å². The highest BCUT2D eigenvalue weighted by atomic mass is 32.2. The zero-order valence-corrected chi connectivity index (χ0v) is 18.5. The van der Waals surface area contributed by atoms with Crippen molar-refractivity contribution in [1.82, 2.24) is 10.0 Å². The minimum atomic E-state index is -3.62. The Balaban J connectivity index is 1.61. The Morgan fingerprint density at radius 1 is 0.875 bits per heavy atom. The molecular weight excluding hydrogens is 428 g/mol. The number of hydrogen-bond acceptors (Lipinski definition) is 5. The van der Waals surface area contributed by atoms with Gasteiger partial charge in [0.05, 0.1) is 17.5 Å². The highest BCUT2D eigenvalue weighted by molar-refractivity contribution is 7.89. The number of methoxy groups -OCH3 is 1. The highest BCUT2D eigenvalue weighted by Gasteiger charge is 2.17. The van der Waals surface area contributed by atoms with Crippen molar-refractivity contribution in [1.29, 1.82) is 0 Å². The fourth-order valence-electron chi connectivity index (χ4n) is 3.08. The van der Waals surface area contributed by atoms with Crippen LogP contribution in [0, 0.1) is 0 Å². The Kier molecular flexibility index (Phi) is 8.38. The van der Waals surface area contributed by atoms with Crippen molar-refractivity contribution in [2.24, 2.45) is 0 Å². The molecule has 1 amide bonds. The minimum absolute atomic E-state index is 0.110. The minimum Gasteiger partial charge on any atom is -0.484 e. The van der Waals surface area contributed by atoms with Gasteiger partial charge in [-0.3, -0.25) is 4.79 Å². The molecule has 0 saturated heterocycles. The first-order valence-electron chi connectivity index (χ1n) is 10.1. The second-order valence-corrected chi connectivity index (χ2v) is 8.74. The normalized spacial score (nSPS) is 11.3. The first-order chi connectivity index (χ1) is 15.5. The molecule has 0 spiro atoms. The molecule has 0 unspecified atom stereocenters. The summed E-state index contributed by atoms with van der Waals surface area (Å²) in [7, 11) is -2.12. The molecular formula is C24H26N2O5S. The summed E-state index contributed by atoms with van der Waals surface area (Å²) in [6.07, 6.45) is 0. The second-order valence-electron chi connectivity index (χ2n) is 6.97. The highest BCUT2D eigenvalue weighted by Crippen LogP contribution is 2.22. The van der Waals surface area contributed by atoms with Gasteiger partial charge in [0.25, 0.3) is 5.91 Å². The fourth-order valence-corrected chi connectivity index (χ4v) is 4.09. The van der Waals surface area contributed by atoms with Gasteiger partial charge in [-0.2, -0.15) is 0 Å². The van der Waals surface area contributed by atoms with E-state index in [1.165, 1.54) is 31.4 Å². The van der Waals surface area contributed by atoms with Gasteiger partial charge in [0.15, 0.2) is 6.61 Å². The lowest BCUT2D eigenvalue weighted by Crippen LogP contribution is -2.33. The summed E-state index contributed by atoms with van der Waals surface area (Å²) >= 11 is 0. The molecule has 7 nitrogen and oxygen atoms in total. The van der Waals surface area contributed by atoms with Gasteiger partial charge in [0, 0.05) is 13.7 Å². The van der Waals surface area contributed by atoms with Gasteiger partial charge in [-0.15, -0.1) is 0 Å². The van der Waals surface area contributed by atoms with Crippen LogP contribution in [0.4, 0.5) is 0 Å². The molecule has 0 aromatic heterocycles. The van der Waals surface area contributed by atoms with Gasteiger partial charge in [0.2, 0.25) is 10.0 Å². The van der Waals surface area contributed by atoms with E-state index in [0.717, 1.165) is 11.1 Å². The molecule has 3 rings (SSSR count). The summed E-state index contributed by atoms with van der Waals surface area (Å²) in [5, 5.41) is 3.00. The third-order valence-corrected chi connectivity index (χ3v) is 6.15. The fraction of sp³-hybridized carbons (Fsp3) is 0.208. The molecule has 0 aliphatic rings. The monoisotopic (exact) mass is 454 g/mol. The maximum absolute atomic E-state index is 12.6. The van der Waals surface area contributed by atoms with Crippen molar-refractivity contribution < 1.29 is 22.7 Å². The number of nitrogens with one attached hydrogen (secondary N) is 2.